The molecule has 2 amide bonds. The molecule has 3 aromatic rings. The Balaban J connectivity index is 1.76. The second kappa shape index (κ2) is 8.86. The minimum absolute atomic E-state index is 0.0241. The normalized spacial score (nSPS) is 13.9. The molecule has 1 aliphatic rings. The highest BCUT2D eigenvalue weighted by atomic mass is 19.1. The summed E-state index contributed by atoms with van der Waals surface area (Å²) in [7, 11) is 1.61. The average Bonchev–Trinajstić information content (AvgIpc) is 3.16. The molecule has 2 heterocycles. The maximum atomic E-state index is 13.6. The first kappa shape index (κ1) is 21.6. The summed E-state index contributed by atoms with van der Waals surface area (Å²) in [6, 6.07) is 15.7. The van der Waals surface area contributed by atoms with Gasteiger partial charge in [-0.25, -0.2) is 4.39 Å². The van der Waals surface area contributed by atoms with Gasteiger partial charge in [-0.15, -0.1) is 0 Å². The van der Waals surface area contributed by atoms with Crippen molar-refractivity contribution in [2.75, 3.05) is 33.3 Å². The molecule has 32 heavy (non-hydrogen) atoms. The van der Waals surface area contributed by atoms with Crippen LogP contribution in [0.5, 0.6) is 5.75 Å². The molecule has 0 radical (unpaired) electrons. The van der Waals surface area contributed by atoms with Gasteiger partial charge in [0, 0.05) is 50.0 Å². The lowest BCUT2D eigenvalue weighted by Gasteiger charge is -2.34. The van der Waals surface area contributed by atoms with Gasteiger partial charge in [0.15, 0.2) is 0 Å². The molecular weight excluding hydrogens is 409 g/mol. The third-order valence-corrected chi connectivity index (χ3v) is 5.94. The van der Waals surface area contributed by atoms with Crippen molar-refractivity contribution in [2.24, 2.45) is 0 Å². The third-order valence-electron chi connectivity index (χ3n) is 5.94. The number of carbonyl (C=O) groups is 2. The smallest absolute Gasteiger partial charge is 0.255 e. The first-order chi connectivity index (χ1) is 15.4. The monoisotopic (exact) mass is 435 g/mol. The lowest BCUT2D eigenvalue weighted by molar-refractivity contribution is -0.130. The van der Waals surface area contributed by atoms with Crippen LogP contribution in [0.15, 0.2) is 54.6 Å². The van der Waals surface area contributed by atoms with E-state index in [1.165, 1.54) is 12.1 Å². The van der Waals surface area contributed by atoms with Crippen molar-refractivity contribution < 1.29 is 18.7 Å². The number of ether oxygens (including phenoxy) is 1. The molecule has 0 atom stereocenters. The Morgan fingerprint density at radius 1 is 0.938 bits per heavy atom. The van der Waals surface area contributed by atoms with E-state index in [2.05, 4.69) is 0 Å². The number of halogens is 1. The fourth-order valence-electron chi connectivity index (χ4n) is 4.14. The van der Waals surface area contributed by atoms with Crippen molar-refractivity contribution >= 4 is 11.8 Å². The van der Waals surface area contributed by atoms with Crippen LogP contribution in [0, 0.1) is 12.7 Å². The van der Waals surface area contributed by atoms with Crippen molar-refractivity contribution in [3.63, 3.8) is 0 Å². The molecule has 0 N–H and O–H groups in total. The highest BCUT2D eigenvalue weighted by Crippen LogP contribution is 2.32. The van der Waals surface area contributed by atoms with Gasteiger partial charge in [0.05, 0.1) is 18.4 Å². The van der Waals surface area contributed by atoms with Crippen LogP contribution in [0.2, 0.25) is 0 Å². The number of carbonyl (C=O) groups excluding carboxylic acids is 2. The molecule has 0 saturated carbocycles. The van der Waals surface area contributed by atoms with E-state index in [-0.39, 0.29) is 17.6 Å². The van der Waals surface area contributed by atoms with Crippen LogP contribution in [-0.4, -0.2) is 59.5 Å². The second-order valence-electron chi connectivity index (χ2n) is 7.87. The largest absolute Gasteiger partial charge is 0.497 e. The topological polar surface area (TPSA) is 54.8 Å². The number of piperazine rings is 1. The van der Waals surface area contributed by atoms with E-state index < -0.39 is 0 Å². The number of aromatic nitrogens is 1. The van der Waals surface area contributed by atoms with Crippen LogP contribution in [0.3, 0.4) is 0 Å². The highest BCUT2D eigenvalue weighted by molar-refractivity contribution is 5.97. The molecule has 0 unspecified atom stereocenters. The number of amides is 2. The standard InChI is InChI=1S/C25H26FN3O3/c1-17-23(25(31)28-13-11-27(12-14-28)18(2)30)16-24(19-5-4-6-22(15-19)32-3)29(17)21-9-7-20(26)8-10-21/h4-10,15-16H,11-14H2,1-3H3. The van der Waals surface area contributed by atoms with E-state index >= 15 is 0 Å². The van der Waals surface area contributed by atoms with Crippen molar-refractivity contribution in [3.05, 3.63) is 71.7 Å². The first-order valence-electron chi connectivity index (χ1n) is 10.6. The van der Waals surface area contributed by atoms with E-state index in [4.69, 9.17) is 4.74 Å². The van der Waals surface area contributed by atoms with Gasteiger partial charge in [0.1, 0.15) is 11.6 Å². The predicted molar refractivity (Wildman–Crippen MR) is 121 cm³/mol. The summed E-state index contributed by atoms with van der Waals surface area (Å²) in [5, 5.41) is 0. The van der Waals surface area contributed by atoms with Gasteiger partial charge in [0.2, 0.25) is 5.91 Å². The van der Waals surface area contributed by atoms with Crippen molar-refractivity contribution in [2.45, 2.75) is 13.8 Å². The fraction of sp³-hybridized carbons (Fsp3) is 0.280. The number of hydrogen-bond acceptors (Lipinski definition) is 3. The van der Waals surface area contributed by atoms with Gasteiger partial charge in [-0.05, 0) is 49.4 Å². The number of hydrogen-bond donors (Lipinski definition) is 0. The molecule has 0 bridgehead atoms. The number of nitrogens with zero attached hydrogens (tertiary/aromatic N) is 3. The van der Waals surface area contributed by atoms with Gasteiger partial charge in [-0.2, -0.15) is 0 Å². The van der Waals surface area contributed by atoms with Gasteiger partial charge >= 0.3 is 0 Å². The Labute approximate surface area is 186 Å². The van der Waals surface area contributed by atoms with E-state index in [1.807, 2.05) is 41.8 Å². The summed E-state index contributed by atoms with van der Waals surface area (Å²) in [5.74, 6) is 0.341. The summed E-state index contributed by atoms with van der Waals surface area (Å²) in [6.07, 6.45) is 0. The zero-order valence-electron chi connectivity index (χ0n) is 18.5. The predicted octanol–water partition coefficient (Wildman–Crippen LogP) is 3.90. The Hall–Kier alpha value is -3.61. The van der Waals surface area contributed by atoms with Gasteiger partial charge in [0.25, 0.3) is 5.91 Å². The summed E-state index contributed by atoms with van der Waals surface area (Å²) in [4.78, 5) is 28.6. The molecule has 166 valence electrons. The van der Waals surface area contributed by atoms with Gasteiger partial charge in [-0.3, -0.25) is 9.59 Å². The summed E-state index contributed by atoms with van der Waals surface area (Å²) in [5.41, 5.74) is 3.83. The Bertz CT molecular complexity index is 1150. The first-order valence-corrected chi connectivity index (χ1v) is 10.6. The van der Waals surface area contributed by atoms with E-state index in [0.717, 1.165) is 22.6 Å². The number of rotatable bonds is 4. The summed E-state index contributed by atoms with van der Waals surface area (Å²) < 4.78 is 20.9. The van der Waals surface area contributed by atoms with Crippen LogP contribution in [0.25, 0.3) is 16.9 Å². The quantitative estimate of drug-likeness (QED) is 0.625. The minimum Gasteiger partial charge on any atom is -0.497 e. The molecule has 1 saturated heterocycles. The van der Waals surface area contributed by atoms with E-state index in [9.17, 15) is 14.0 Å². The molecule has 1 fully saturated rings. The molecule has 0 spiro atoms. The lowest BCUT2D eigenvalue weighted by atomic mass is 10.1. The van der Waals surface area contributed by atoms with Gasteiger partial charge < -0.3 is 19.1 Å². The molecular formula is C25H26FN3O3. The molecule has 7 heteroatoms. The van der Waals surface area contributed by atoms with Crippen LogP contribution in [0.4, 0.5) is 4.39 Å². The van der Waals surface area contributed by atoms with Crippen LogP contribution in [-0.2, 0) is 4.79 Å². The molecule has 1 aliphatic heterocycles. The van der Waals surface area contributed by atoms with E-state index in [1.54, 1.807) is 36.0 Å². The molecule has 1 aromatic heterocycles. The summed E-state index contributed by atoms with van der Waals surface area (Å²) in [6.45, 7) is 5.49. The molecule has 4 rings (SSSR count). The number of methoxy groups -OCH3 is 1. The second-order valence-corrected chi connectivity index (χ2v) is 7.87. The Morgan fingerprint density at radius 2 is 1.59 bits per heavy atom. The van der Waals surface area contributed by atoms with Crippen LogP contribution >= 0.6 is 0 Å². The fourth-order valence-corrected chi connectivity index (χ4v) is 4.14. The van der Waals surface area contributed by atoms with Crippen molar-refractivity contribution in [3.8, 4) is 22.7 Å². The van der Waals surface area contributed by atoms with E-state index in [0.29, 0.717) is 37.5 Å². The zero-order chi connectivity index (χ0) is 22.8. The Kier molecular flexibility index (Phi) is 5.99. The molecule has 0 aliphatic carbocycles. The van der Waals surface area contributed by atoms with Crippen molar-refractivity contribution in [1.82, 2.24) is 14.4 Å². The molecule has 2 aromatic carbocycles. The van der Waals surface area contributed by atoms with Crippen LogP contribution in [0.1, 0.15) is 23.0 Å². The Morgan fingerprint density at radius 3 is 2.22 bits per heavy atom. The maximum absolute atomic E-state index is 13.6. The SMILES string of the molecule is COc1cccc(-c2cc(C(=O)N3CCN(C(C)=O)CC3)c(C)n2-c2ccc(F)cc2)c1. The third kappa shape index (κ3) is 4.10. The average molecular weight is 435 g/mol. The maximum Gasteiger partial charge on any atom is 0.255 e. The summed E-state index contributed by atoms with van der Waals surface area (Å²) >= 11 is 0. The molecule has 6 nitrogen and oxygen atoms in total. The number of benzene rings is 2. The zero-order valence-corrected chi connectivity index (χ0v) is 18.5. The minimum atomic E-state index is -0.318. The highest BCUT2D eigenvalue weighted by Gasteiger charge is 2.27. The van der Waals surface area contributed by atoms with Crippen molar-refractivity contribution in [1.29, 1.82) is 0 Å². The lowest BCUT2D eigenvalue weighted by Crippen LogP contribution is -2.50. The van der Waals surface area contributed by atoms with Crippen LogP contribution < -0.4 is 4.74 Å². The van der Waals surface area contributed by atoms with Gasteiger partial charge in [-0.1, -0.05) is 12.1 Å².